The highest BCUT2D eigenvalue weighted by atomic mass is 35.5. The van der Waals surface area contributed by atoms with E-state index in [-0.39, 0.29) is 6.61 Å². The van der Waals surface area contributed by atoms with Crippen LogP contribution in [0.1, 0.15) is 27.9 Å². The molecule has 2 aromatic carbocycles. The molecule has 8 heteroatoms. The van der Waals surface area contributed by atoms with E-state index in [1.54, 1.807) is 18.3 Å². The van der Waals surface area contributed by atoms with Gasteiger partial charge in [0.1, 0.15) is 17.9 Å². The number of aryl methyl sites for hydroxylation is 1. The molecule has 0 aliphatic rings. The van der Waals surface area contributed by atoms with Gasteiger partial charge in [-0.2, -0.15) is 13.2 Å². The van der Waals surface area contributed by atoms with Crippen molar-refractivity contribution in [2.24, 2.45) is 0 Å². The van der Waals surface area contributed by atoms with Gasteiger partial charge >= 0.3 is 6.18 Å². The maximum absolute atomic E-state index is 12.8. The minimum atomic E-state index is -4.36. The molecular formula is C24H19Cl2F3N2O. The van der Waals surface area contributed by atoms with Crippen molar-refractivity contribution in [3.63, 3.8) is 0 Å². The first-order valence-electron chi connectivity index (χ1n) is 9.82. The summed E-state index contributed by atoms with van der Waals surface area (Å²) in [5.41, 5.74) is 4.61. The van der Waals surface area contributed by atoms with E-state index in [9.17, 15) is 13.2 Å². The van der Waals surface area contributed by atoms with E-state index >= 15 is 0 Å². The van der Waals surface area contributed by atoms with Crippen molar-refractivity contribution in [1.29, 1.82) is 0 Å². The molecule has 0 amide bonds. The van der Waals surface area contributed by atoms with Crippen LogP contribution in [-0.2, 0) is 19.3 Å². The van der Waals surface area contributed by atoms with Crippen LogP contribution in [0, 0.1) is 13.8 Å². The lowest BCUT2D eigenvalue weighted by Crippen LogP contribution is -2.06. The first kappa shape index (κ1) is 22.5. The molecule has 0 atom stereocenters. The van der Waals surface area contributed by atoms with E-state index in [0.717, 1.165) is 40.0 Å². The number of nitrogens with zero attached hydrogens (tertiary/aromatic N) is 2. The summed E-state index contributed by atoms with van der Waals surface area (Å²) in [7, 11) is 0. The van der Waals surface area contributed by atoms with E-state index in [1.165, 1.54) is 12.1 Å². The fraction of sp³-hybridized carbons (Fsp3) is 0.208. The third-order valence-corrected chi connectivity index (χ3v) is 6.20. The summed E-state index contributed by atoms with van der Waals surface area (Å²) in [6, 6.07) is 12.2. The van der Waals surface area contributed by atoms with Gasteiger partial charge in [-0.3, -0.25) is 4.98 Å². The molecule has 0 spiro atoms. The molecule has 0 fully saturated rings. The van der Waals surface area contributed by atoms with Crippen molar-refractivity contribution >= 4 is 34.2 Å². The second-order valence-corrected chi connectivity index (χ2v) is 8.35. The maximum atomic E-state index is 12.8. The summed E-state index contributed by atoms with van der Waals surface area (Å²) in [5.74, 6) is 0.603. The molecular weight excluding hydrogens is 460 g/mol. The van der Waals surface area contributed by atoms with Gasteiger partial charge in [-0.1, -0.05) is 41.4 Å². The third kappa shape index (κ3) is 4.43. The van der Waals surface area contributed by atoms with E-state index in [0.29, 0.717) is 27.9 Å². The number of ether oxygens (including phenoxy) is 1. The zero-order valence-electron chi connectivity index (χ0n) is 17.3. The van der Waals surface area contributed by atoms with Gasteiger partial charge in [0, 0.05) is 24.5 Å². The van der Waals surface area contributed by atoms with Crippen LogP contribution < -0.4 is 4.74 Å². The maximum Gasteiger partial charge on any atom is 0.416 e. The summed E-state index contributed by atoms with van der Waals surface area (Å²) in [5, 5.41) is 0.967. The standard InChI is InChI=1S/C24H19Cl2F3N2O/c1-14-15(2)31(12-17-5-8-19(25)20(26)11-17)23-21(9-10-30-22(14)23)32-13-16-3-6-18(7-4-16)24(27,28)29/h3-11H,12-13H2,1-2H3. The molecule has 0 saturated carbocycles. The fourth-order valence-electron chi connectivity index (χ4n) is 3.60. The smallest absolute Gasteiger partial charge is 0.416 e. The molecule has 32 heavy (non-hydrogen) atoms. The topological polar surface area (TPSA) is 27.1 Å². The Bertz CT molecular complexity index is 1280. The van der Waals surface area contributed by atoms with E-state index in [1.807, 2.05) is 26.0 Å². The molecule has 0 unspecified atom stereocenters. The van der Waals surface area contributed by atoms with Crippen molar-refractivity contribution < 1.29 is 17.9 Å². The number of halogens is 5. The summed E-state index contributed by atoms with van der Waals surface area (Å²) in [4.78, 5) is 4.52. The fourth-order valence-corrected chi connectivity index (χ4v) is 3.92. The van der Waals surface area contributed by atoms with Crippen molar-refractivity contribution in [3.8, 4) is 5.75 Å². The number of hydrogen-bond donors (Lipinski definition) is 0. The molecule has 0 aliphatic heterocycles. The van der Waals surface area contributed by atoms with Gasteiger partial charge in [-0.15, -0.1) is 0 Å². The first-order valence-corrected chi connectivity index (χ1v) is 10.6. The summed E-state index contributed by atoms with van der Waals surface area (Å²) < 4.78 is 46.5. The Labute approximate surface area is 193 Å². The van der Waals surface area contributed by atoms with Crippen LogP contribution in [0.3, 0.4) is 0 Å². The van der Waals surface area contributed by atoms with Crippen LogP contribution in [0.2, 0.25) is 10.0 Å². The Morgan fingerprint density at radius 2 is 1.62 bits per heavy atom. The molecule has 2 aromatic heterocycles. The minimum absolute atomic E-state index is 0.132. The highest BCUT2D eigenvalue weighted by Crippen LogP contribution is 2.33. The minimum Gasteiger partial charge on any atom is -0.487 e. The number of aromatic nitrogens is 2. The summed E-state index contributed by atoms with van der Waals surface area (Å²) in [6.07, 6.45) is -2.70. The van der Waals surface area contributed by atoms with Crippen molar-refractivity contribution in [1.82, 2.24) is 9.55 Å². The van der Waals surface area contributed by atoms with Crippen LogP contribution in [0.4, 0.5) is 13.2 Å². The van der Waals surface area contributed by atoms with Gasteiger partial charge in [0.2, 0.25) is 0 Å². The molecule has 0 aliphatic carbocycles. The van der Waals surface area contributed by atoms with Crippen LogP contribution in [0.15, 0.2) is 54.7 Å². The Kier molecular flexibility index (Phi) is 6.10. The SMILES string of the molecule is Cc1c(C)n(Cc2ccc(Cl)c(Cl)c2)c2c(OCc3ccc(C(F)(F)F)cc3)ccnc12. The van der Waals surface area contributed by atoms with Crippen LogP contribution in [-0.4, -0.2) is 9.55 Å². The van der Waals surface area contributed by atoms with Gasteiger partial charge in [0.25, 0.3) is 0 Å². The Morgan fingerprint density at radius 1 is 0.938 bits per heavy atom. The first-order chi connectivity index (χ1) is 15.1. The molecule has 0 radical (unpaired) electrons. The molecule has 0 N–H and O–H groups in total. The normalized spacial score (nSPS) is 11.8. The van der Waals surface area contributed by atoms with Gasteiger partial charge in [-0.05, 0) is 54.8 Å². The van der Waals surface area contributed by atoms with Crippen molar-refractivity contribution in [3.05, 3.63) is 92.7 Å². The predicted octanol–water partition coefficient (Wildman–Crippen LogP) is 7.61. The quantitative estimate of drug-likeness (QED) is 0.295. The molecule has 4 aromatic rings. The molecule has 2 heterocycles. The third-order valence-electron chi connectivity index (χ3n) is 5.46. The van der Waals surface area contributed by atoms with Gasteiger partial charge in [-0.25, -0.2) is 0 Å². The average Bonchev–Trinajstić information content (AvgIpc) is 3.00. The van der Waals surface area contributed by atoms with Gasteiger partial charge in [0.15, 0.2) is 0 Å². The van der Waals surface area contributed by atoms with Gasteiger partial charge < -0.3 is 9.30 Å². The highest BCUT2D eigenvalue weighted by Gasteiger charge is 2.30. The van der Waals surface area contributed by atoms with Crippen molar-refractivity contribution in [2.45, 2.75) is 33.2 Å². The molecule has 4 rings (SSSR count). The lowest BCUT2D eigenvalue weighted by molar-refractivity contribution is -0.137. The number of fused-ring (bicyclic) bond motifs is 1. The lowest BCUT2D eigenvalue weighted by Gasteiger charge is -2.13. The molecule has 3 nitrogen and oxygen atoms in total. The summed E-state index contributed by atoms with van der Waals surface area (Å²) in [6.45, 7) is 4.67. The molecule has 0 bridgehead atoms. The van der Waals surface area contributed by atoms with Crippen molar-refractivity contribution in [2.75, 3.05) is 0 Å². The largest absolute Gasteiger partial charge is 0.487 e. The average molecular weight is 479 g/mol. The van der Waals surface area contributed by atoms with Crippen LogP contribution in [0.25, 0.3) is 11.0 Å². The zero-order valence-corrected chi connectivity index (χ0v) is 18.8. The predicted molar refractivity (Wildman–Crippen MR) is 121 cm³/mol. The number of pyridine rings is 1. The highest BCUT2D eigenvalue weighted by molar-refractivity contribution is 6.42. The lowest BCUT2D eigenvalue weighted by atomic mass is 10.1. The molecule has 0 saturated heterocycles. The molecule has 166 valence electrons. The number of rotatable bonds is 5. The number of alkyl halides is 3. The second-order valence-electron chi connectivity index (χ2n) is 7.53. The van der Waals surface area contributed by atoms with E-state index < -0.39 is 11.7 Å². The zero-order chi connectivity index (χ0) is 23.0. The summed E-state index contributed by atoms with van der Waals surface area (Å²) >= 11 is 12.2. The van der Waals surface area contributed by atoms with E-state index in [4.69, 9.17) is 27.9 Å². The Balaban J connectivity index is 1.66. The van der Waals surface area contributed by atoms with Crippen LogP contribution >= 0.6 is 23.2 Å². The van der Waals surface area contributed by atoms with E-state index in [2.05, 4.69) is 9.55 Å². The second kappa shape index (κ2) is 8.68. The Morgan fingerprint density at radius 3 is 2.28 bits per heavy atom. The Hall–Kier alpha value is -2.70. The van der Waals surface area contributed by atoms with Crippen LogP contribution in [0.5, 0.6) is 5.75 Å². The van der Waals surface area contributed by atoms with Gasteiger partial charge in [0.05, 0.1) is 21.1 Å². The number of benzene rings is 2. The number of hydrogen-bond acceptors (Lipinski definition) is 2. The monoisotopic (exact) mass is 478 g/mol.